The van der Waals surface area contributed by atoms with Gasteiger partial charge in [-0.15, -0.1) is 0 Å². The van der Waals surface area contributed by atoms with Gasteiger partial charge in [0.25, 0.3) is 0 Å². The predicted octanol–water partition coefficient (Wildman–Crippen LogP) is 0.136. The third-order valence-electron chi connectivity index (χ3n) is 4.90. The van der Waals surface area contributed by atoms with Crippen molar-refractivity contribution in [1.29, 1.82) is 0 Å². The first-order chi connectivity index (χ1) is 11.0. The summed E-state index contributed by atoms with van der Waals surface area (Å²) in [4.78, 5) is 37.4. The molecular formula is C17H30N4O3. The molecule has 2 rings (SSSR count). The number of nitrogens with two attached hydrogens (primary N) is 1. The molecule has 0 aromatic heterocycles. The summed E-state index contributed by atoms with van der Waals surface area (Å²) in [6.07, 6.45) is 2.61. The molecule has 7 heteroatoms. The number of piperidine rings is 2. The number of carbonyl (C=O) groups is 3. The fourth-order valence-electron chi connectivity index (χ4n) is 4.18. The third kappa shape index (κ3) is 4.69. The lowest BCUT2D eigenvalue weighted by Crippen LogP contribution is -2.63. The lowest BCUT2D eigenvalue weighted by molar-refractivity contribution is -0.147. The topological polar surface area (TPSA) is 105 Å². The molecule has 0 atom stereocenters. The van der Waals surface area contributed by atoms with Gasteiger partial charge in [-0.1, -0.05) is 0 Å². The zero-order valence-electron chi connectivity index (χ0n) is 15.1. The Morgan fingerprint density at radius 3 is 2.00 bits per heavy atom. The van der Waals surface area contributed by atoms with E-state index in [1.54, 1.807) is 0 Å². The van der Waals surface area contributed by atoms with E-state index in [9.17, 15) is 14.4 Å². The zero-order valence-corrected chi connectivity index (χ0v) is 15.1. The van der Waals surface area contributed by atoms with Crippen LogP contribution in [0.5, 0.6) is 0 Å². The van der Waals surface area contributed by atoms with Crippen LogP contribution in [0, 0.1) is 5.92 Å². The van der Waals surface area contributed by atoms with Gasteiger partial charge >= 0.3 is 11.8 Å². The van der Waals surface area contributed by atoms with E-state index in [1.807, 2.05) is 0 Å². The highest BCUT2D eigenvalue weighted by atomic mass is 16.2. The van der Waals surface area contributed by atoms with Crippen molar-refractivity contribution < 1.29 is 14.4 Å². The maximum atomic E-state index is 12.4. The minimum Gasteiger partial charge on any atom is -0.369 e. The van der Waals surface area contributed by atoms with Gasteiger partial charge in [-0.2, -0.15) is 0 Å². The average Bonchev–Trinajstić information content (AvgIpc) is 2.43. The molecule has 0 bridgehead atoms. The number of primary amides is 1. The van der Waals surface area contributed by atoms with Crippen LogP contribution in [0.15, 0.2) is 0 Å². The van der Waals surface area contributed by atoms with Gasteiger partial charge < -0.3 is 21.3 Å². The summed E-state index contributed by atoms with van der Waals surface area (Å²) in [5.74, 6) is -1.58. The number of amides is 3. The Morgan fingerprint density at radius 1 is 1.04 bits per heavy atom. The van der Waals surface area contributed by atoms with Gasteiger partial charge in [0, 0.05) is 36.1 Å². The minimum atomic E-state index is -0.550. The highest BCUT2D eigenvalue weighted by Gasteiger charge is 2.39. The molecule has 0 aliphatic carbocycles. The quantitative estimate of drug-likeness (QED) is 0.623. The summed E-state index contributed by atoms with van der Waals surface area (Å²) in [6, 6.07) is -0.0316. The molecular weight excluding hydrogens is 308 g/mol. The van der Waals surface area contributed by atoms with Crippen LogP contribution in [0.3, 0.4) is 0 Å². The van der Waals surface area contributed by atoms with Crippen molar-refractivity contribution in [2.45, 2.75) is 70.5 Å². The van der Waals surface area contributed by atoms with Gasteiger partial charge in [0.1, 0.15) is 0 Å². The maximum absolute atomic E-state index is 12.4. The van der Waals surface area contributed by atoms with Crippen molar-refractivity contribution in [1.82, 2.24) is 15.5 Å². The van der Waals surface area contributed by atoms with E-state index in [2.05, 4.69) is 38.3 Å². The normalized spacial score (nSPS) is 24.4. The molecule has 0 saturated carbocycles. The molecule has 0 aromatic carbocycles. The largest absolute Gasteiger partial charge is 0.369 e. The Balaban J connectivity index is 1.90. The van der Waals surface area contributed by atoms with Gasteiger partial charge in [0.2, 0.25) is 5.91 Å². The molecule has 0 unspecified atom stereocenters. The molecule has 0 spiro atoms. The van der Waals surface area contributed by atoms with E-state index in [0.29, 0.717) is 25.9 Å². The Labute approximate surface area is 143 Å². The molecule has 7 nitrogen and oxygen atoms in total. The predicted molar refractivity (Wildman–Crippen MR) is 91.0 cm³/mol. The molecule has 2 saturated heterocycles. The summed E-state index contributed by atoms with van der Waals surface area (Å²) in [5.41, 5.74) is 5.11. The Kier molecular flexibility index (Phi) is 5.22. The summed E-state index contributed by atoms with van der Waals surface area (Å²) >= 11 is 0. The van der Waals surface area contributed by atoms with Crippen molar-refractivity contribution in [3.8, 4) is 0 Å². The Hall–Kier alpha value is -1.63. The van der Waals surface area contributed by atoms with Crippen molar-refractivity contribution in [3.63, 3.8) is 0 Å². The van der Waals surface area contributed by atoms with Gasteiger partial charge in [-0.05, 0) is 53.4 Å². The molecule has 0 aromatic rings. The van der Waals surface area contributed by atoms with Crippen LogP contribution in [0.1, 0.15) is 53.4 Å². The van der Waals surface area contributed by atoms with Crippen molar-refractivity contribution >= 4 is 17.7 Å². The number of hydrogen-bond acceptors (Lipinski definition) is 4. The van der Waals surface area contributed by atoms with E-state index in [-0.39, 0.29) is 28.9 Å². The number of rotatable bonds is 2. The van der Waals surface area contributed by atoms with Gasteiger partial charge in [-0.3, -0.25) is 14.4 Å². The van der Waals surface area contributed by atoms with Crippen molar-refractivity contribution in [3.05, 3.63) is 0 Å². The smallest absolute Gasteiger partial charge is 0.311 e. The monoisotopic (exact) mass is 338 g/mol. The van der Waals surface area contributed by atoms with Gasteiger partial charge in [0.05, 0.1) is 0 Å². The number of carbonyl (C=O) groups excluding carboxylic acids is 3. The van der Waals surface area contributed by atoms with Gasteiger partial charge in [-0.25, -0.2) is 0 Å². The average molecular weight is 338 g/mol. The first-order valence-electron chi connectivity index (χ1n) is 8.67. The van der Waals surface area contributed by atoms with Crippen LogP contribution in [0.25, 0.3) is 0 Å². The molecule has 2 aliphatic heterocycles. The molecule has 136 valence electrons. The molecule has 4 N–H and O–H groups in total. The van der Waals surface area contributed by atoms with Crippen molar-refractivity contribution in [2.24, 2.45) is 11.7 Å². The van der Waals surface area contributed by atoms with E-state index < -0.39 is 11.8 Å². The molecule has 2 aliphatic rings. The van der Waals surface area contributed by atoms with Crippen molar-refractivity contribution in [2.75, 3.05) is 13.1 Å². The molecule has 3 amide bonds. The minimum absolute atomic E-state index is 0.0316. The summed E-state index contributed by atoms with van der Waals surface area (Å²) in [6.45, 7) is 9.21. The lowest BCUT2D eigenvalue weighted by Gasteiger charge is -2.46. The van der Waals surface area contributed by atoms with E-state index >= 15 is 0 Å². The molecule has 2 fully saturated rings. The Bertz CT molecular complexity index is 506. The Morgan fingerprint density at radius 2 is 1.54 bits per heavy atom. The van der Waals surface area contributed by atoms with E-state index in [0.717, 1.165) is 12.8 Å². The number of nitrogens with zero attached hydrogens (tertiary/aromatic N) is 1. The van der Waals surface area contributed by atoms with E-state index in [4.69, 9.17) is 5.73 Å². The first-order valence-corrected chi connectivity index (χ1v) is 8.67. The van der Waals surface area contributed by atoms with Crippen LogP contribution in [0.4, 0.5) is 0 Å². The lowest BCUT2D eigenvalue weighted by atomic mass is 9.79. The summed E-state index contributed by atoms with van der Waals surface area (Å²) < 4.78 is 0. The number of hydrogen-bond donors (Lipinski definition) is 3. The third-order valence-corrected chi connectivity index (χ3v) is 4.90. The van der Waals surface area contributed by atoms with Gasteiger partial charge in [0.15, 0.2) is 0 Å². The van der Waals surface area contributed by atoms with Crippen LogP contribution in [0.2, 0.25) is 0 Å². The number of nitrogens with one attached hydrogen (secondary N) is 2. The second-order valence-electron chi connectivity index (χ2n) is 8.44. The summed E-state index contributed by atoms with van der Waals surface area (Å²) in [7, 11) is 0. The molecule has 24 heavy (non-hydrogen) atoms. The first kappa shape index (κ1) is 18.7. The summed E-state index contributed by atoms with van der Waals surface area (Å²) in [5, 5.41) is 6.45. The zero-order chi connectivity index (χ0) is 18.1. The van der Waals surface area contributed by atoms with Crippen LogP contribution >= 0.6 is 0 Å². The van der Waals surface area contributed by atoms with E-state index in [1.165, 1.54) is 4.90 Å². The highest BCUT2D eigenvalue weighted by Crippen LogP contribution is 2.28. The SMILES string of the molecule is CC1(C)CC(NC(=O)C(=O)N2CCC(C(N)=O)CC2)CC(C)(C)N1. The highest BCUT2D eigenvalue weighted by molar-refractivity contribution is 6.35. The molecule has 2 heterocycles. The van der Waals surface area contributed by atoms with Crippen LogP contribution in [-0.4, -0.2) is 52.8 Å². The second-order valence-corrected chi connectivity index (χ2v) is 8.44. The maximum Gasteiger partial charge on any atom is 0.311 e. The van der Waals surface area contributed by atoms with Crippen LogP contribution < -0.4 is 16.4 Å². The second kappa shape index (κ2) is 6.70. The fraction of sp³-hybridized carbons (Fsp3) is 0.824. The van der Waals surface area contributed by atoms with Crippen LogP contribution in [-0.2, 0) is 14.4 Å². The molecule has 0 radical (unpaired) electrons. The fourth-order valence-corrected chi connectivity index (χ4v) is 4.18. The number of likely N-dealkylation sites (tertiary alicyclic amines) is 1. The standard InChI is InChI=1S/C17H30N4O3/c1-16(2)9-12(10-17(3,4)20-16)19-14(23)15(24)21-7-5-11(6-8-21)13(18)22/h11-12,20H,5-10H2,1-4H3,(H2,18,22)(H,19,23).